The summed E-state index contributed by atoms with van der Waals surface area (Å²) in [6.07, 6.45) is 1.79. The number of imidazole rings is 1. The van der Waals surface area contributed by atoms with E-state index in [9.17, 15) is 0 Å². The van der Waals surface area contributed by atoms with Crippen LogP contribution in [0.1, 0.15) is 0 Å². The quantitative estimate of drug-likeness (QED) is 0.394. The molecule has 0 atom stereocenters. The van der Waals surface area contributed by atoms with Crippen LogP contribution in [0, 0.1) is 0 Å². The number of nitrogens with one attached hydrogen (secondary N) is 1. The molecule has 0 spiro atoms. The van der Waals surface area contributed by atoms with Gasteiger partial charge in [-0.1, -0.05) is 78.9 Å². The van der Waals surface area contributed by atoms with Crippen molar-refractivity contribution >= 4 is 21.5 Å². The van der Waals surface area contributed by atoms with Crippen molar-refractivity contribution in [3.05, 3.63) is 91.3 Å². The standard InChI is InChI=1S/C23H16N2/c1-2-8-16(9-3-1)22-23(25-15-24-22)21-19-12-6-4-10-17(19)14-18-11-5-7-13-20(18)21/h1-15H,(H,24,25). The summed E-state index contributed by atoms with van der Waals surface area (Å²) < 4.78 is 0. The maximum absolute atomic E-state index is 4.71. The van der Waals surface area contributed by atoms with Crippen LogP contribution >= 0.6 is 0 Å². The molecule has 2 nitrogen and oxygen atoms in total. The third-order valence-electron chi connectivity index (χ3n) is 4.71. The van der Waals surface area contributed by atoms with E-state index in [-0.39, 0.29) is 0 Å². The maximum Gasteiger partial charge on any atom is 0.0973 e. The molecule has 25 heavy (non-hydrogen) atoms. The molecule has 118 valence electrons. The predicted molar refractivity (Wildman–Crippen MR) is 104 cm³/mol. The van der Waals surface area contributed by atoms with E-state index in [1.807, 2.05) is 6.07 Å². The first-order chi connectivity index (χ1) is 12.4. The number of nitrogens with zero attached hydrogens (tertiary/aromatic N) is 1. The molecule has 0 aliphatic carbocycles. The molecule has 0 amide bonds. The first-order valence-electron chi connectivity index (χ1n) is 8.41. The summed E-state index contributed by atoms with van der Waals surface area (Å²) in [5, 5.41) is 4.92. The van der Waals surface area contributed by atoms with Crippen molar-refractivity contribution in [2.24, 2.45) is 0 Å². The maximum atomic E-state index is 4.71. The summed E-state index contributed by atoms with van der Waals surface area (Å²) in [5.41, 5.74) is 4.39. The number of fused-ring (bicyclic) bond motifs is 2. The summed E-state index contributed by atoms with van der Waals surface area (Å²) >= 11 is 0. The molecule has 5 aromatic rings. The van der Waals surface area contributed by atoms with Crippen molar-refractivity contribution in [1.29, 1.82) is 0 Å². The highest BCUT2D eigenvalue weighted by Gasteiger charge is 2.16. The molecule has 1 aromatic heterocycles. The summed E-state index contributed by atoms with van der Waals surface area (Å²) in [4.78, 5) is 8.05. The van der Waals surface area contributed by atoms with Gasteiger partial charge in [0.1, 0.15) is 0 Å². The van der Waals surface area contributed by atoms with Crippen molar-refractivity contribution in [2.45, 2.75) is 0 Å². The Labute approximate surface area is 145 Å². The van der Waals surface area contributed by atoms with Crippen LogP contribution in [0.15, 0.2) is 91.3 Å². The second kappa shape index (κ2) is 5.60. The molecular formula is C23H16N2. The predicted octanol–water partition coefficient (Wildman–Crippen LogP) is 6.05. The summed E-state index contributed by atoms with van der Waals surface area (Å²) in [6.45, 7) is 0. The molecular weight excluding hydrogens is 304 g/mol. The molecule has 0 bridgehead atoms. The lowest BCUT2D eigenvalue weighted by Crippen LogP contribution is -1.88. The van der Waals surface area contributed by atoms with Crippen molar-refractivity contribution < 1.29 is 0 Å². The first kappa shape index (κ1) is 14.0. The molecule has 1 heterocycles. The minimum atomic E-state index is 0.999. The Hall–Kier alpha value is -3.39. The van der Waals surface area contributed by atoms with Crippen LogP contribution in [-0.2, 0) is 0 Å². The van der Waals surface area contributed by atoms with E-state index in [2.05, 4.69) is 83.8 Å². The fourth-order valence-corrected chi connectivity index (χ4v) is 3.58. The minimum Gasteiger partial charge on any atom is -0.344 e. The summed E-state index contributed by atoms with van der Waals surface area (Å²) in [5.74, 6) is 0. The molecule has 0 saturated heterocycles. The zero-order chi connectivity index (χ0) is 16.6. The average Bonchev–Trinajstić information content (AvgIpc) is 3.16. The van der Waals surface area contributed by atoms with Gasteiger partial charge in [-0.05, 0) is 27.6 Å². The SMILES string of the molecule is c1ccc(-c2[nH]cnc2-c2c3ccccc3cc3ccccc23)cc1. The van der Waals surface area contributed by atoms with Crippen LogP contribution in [0.4, 0.5) is 0 Å². The van der Waals surface area contributed by atoms with Gasteiger partial charge >= 0.3 is 0 Å². The highest BCUT2D eigenvalue weighted by atomic mass is 14.9. The molecule has 1 N–H and O–H groups in total. The molecule has 0 unspecified atom stereocenters. The van der Waals surface area contributed by atoms with Crippen LogP contribution in [0.25, 0.3) is 44.1 Å². The van der Waals surface area contributed by atoms with Crippen LogP contribution in [0.3, 0.4) is 0 Å². The number of rotatable bonds is 2. The van der Waals surface area contributed by atoms with Gasteiger partial charge in [0.25, 0.3) is 0 Å². The lowest BCUT2D eigenvalue weighted by molar-refractivity contribution is 1.32. The van der Waals surface area contributed by atoms with Crippen LogP contribution in [0.5, 0.6) is 0 Å². The van der Waals surface area contributed by atoms with Gasteiger partial charge in [-0.3, -0.25) is 0 Å². The zero-order valence-electron chi connectivity index (χ0n) is 13.6. The topological polar surface area (TPSA) is 28.7 Å². The zero-order valence-corrected chi connectivity index (χ0v) is 13.6. The summed E-state index contributed by atoms with van der Waals surface area (Å²) in [6, 6.07) is 29.7. The average molecular weight is 320 g/mol. The van der Waals surface area contributed by atoms with Crippen LogP contribution < -0.4 is 0 Å². The fourth-order valence-electron chi connectivity index (χ4n) is 3.58. The van der Waals surface area contributed by atoms with E-state index in [0.717, 1.165) is 17.0 Å². The van der Waals surface area contributed by atoms with Crippen LogP contribution in [-0.4, -0.2) is 9.97 Å². The highest BCUT2D eigenvalue weighted by molar-refractivity contribution is 6.13. The minimum absolute atomic E-state index is 0.999. The Kier molecular flexibility index (Phi) is 3.14. The van der Waals surface area contributed by atoms with Gasteiger partial charge in [0.05, 0.1) is 17.7 Å². The molecule has 0 saturated carbocycles. The second-order valence-corrected chi connectivity index (χ2v) is 6.19. The van der Waals surface area contributed by atoms with E-state index < -0.39 is 0 Å². The number of benzene rings is 4. The molecule has 0 radical (unpaired) electrons. The Morgan fingerprint density at radius 3 is 1.92 bits per heavy atom. The van der Waals surface area contributed by atoms with Crippen molar-refractivity contribution in [3.8, 4) is 22.5 Å². The molecule has 4 aromatic carbocycles. The molecule has 0 fully saturated rings. The van der Waals surface area contributed by atoms with Crippen LogP contribution in [0.2, 0.25) is 0 Å². The molecule has 5 rings (SSSR count). The Morgan fingerprint density at radius 2 is 1.24 bits per heavy atom. The third kappa shape index (κ3) is 2.23. The van der Waals surface area contributed by atoms with E-state index in [4.69, 9.17) is 4.98 Å². The number of aromatic nitrogens is 2. The Balaban J connectivity index is 1.91. The molecule has 2 heteroatoms. The number of hydrogen-bond acceptors (Lipinski definition) is 1. The van der Waals surface area contributed by atoms with E-state index >= 15 is 0 Å². The van der Waals surface area contributed by atoms with Gasteiger partial charge in [-0.25, -0.2) is 4.98 Å². The van der Waals surface area contributed by atoms with Gasteiger partial charge in [-0.15, -0.1) is 0 Å². The Morgan fingerprint density at radius 1 is 0.640 bits per heavy atom. The monoisotopic (exact) mass is 320 g/mol. The van der Waals surface area contributed by atoms with Crippen molar-refractivity contribution in [2.75, 3.05) is 0 Å². The molecule has 0 aliphatic rings. The van der Waals surface area contributed by atoms with Gasteiger partial charge in [0.2, 0.25) is 0 Å². The van der Waals surface area contributed by atoms with Crippen molar-refractivity contribution in [3.63, 3.8) is 0 Å². The Bertz CT molecular complexity index is 1130. The number of H-pyrrole nitrogens is 1. The largest absolute Gasteiger partial charge is 0.344 e. The van der Waals surface area contributed by atoms with Gasteiger partial charge in [-0.2, -0.15) is 0 Å². The second-order valence-electron chi connectivity index (χ2n) is 6.19. The van der Waals surface area contributed by atoms with Gasteiger partial charge < -0.3 is 4.98 Å². The third-order valence-corrected chi connectivity index (χ3v) is 4.71. The fraction of sp³-hybridized carbons (Fsp3) is 0. The number of hydrogen-bond donors (Lipinski definition) is 1. The lowest BCUT2D eigenvalue weighted by Gasteiger charge is -2.12. The first-order valence-corrected chi connectivity index (χ1v) is 8.41. The van der Waals surface area contributed by atoms with Gasteiger partial charge in [0.15, 0.2) is 0 Å². The van der Waals surface area contributed by atoms with Gasteiger partial charge in [0, 0.05) is 11.1 Å². The van der Waals surface area contributed by atoms with Crippen molar-refractivity contribution in [1.82, 2.24) is 9.97 Å². The van der Waals surface area contributed by atoms with E-state index in [1.165, 1.54) is 27.1 Å². The normalized spacial score (nSPS) is 11.2. The highest BCUT2D eigenvalue weighted by Crippen LogP contribution is 2.39. The molecule has 0 aliphatic heterocycles. The summed E-state index contributed by atoms with van der Waals surface area (Å²) in [7, 11) is 0. The number of aromatic amines is 1. The lowest BCUT2D eigenvalue weighted by atomic mass is 9.93. The smallest absolute Gasteiger partial charge is 0.0973 e. The van der Waals surface area contributed by atoms with E-state index in [1.54, 1.807) is 6.33 Å². The van der Waals surface area contributed by atoms with E-state index in [0.29, 0.717) is 0 Å².